The zero-order chi connectivity index (χ0) is 8.00. The van der Waals surface area contributed by atoms with Gasteiger partial charge in [-0.3, -0.25) is 0 Å². The number of rotatable bonds is 0. The molecule has 0 saturated carbocycles. The summed E-state index contributed by atoms with van der Waals surface area (Å²) in [6, 6.07) is 0. The molecule has 0 aromatic carbocycles. The normalized spacial score (nSPS) is 2.00. The summed E-state index contributed by atoms with van der Waals surface area (Å²) in [7, 11) is 0. The Kier molecular flexibility index (Phi) is 279. The molecule has 0 spiro atoms. The molecule has 0 N–H and O–H groups in total. The minimum absolute atomic E-state index is 0.194. The van der Waals surface area contributed by atoms with Crippen molar-refractivity contribution in [2.24, 2.45) is 0 Å². The molecule has 0 fully saturated rings. The fraction of sp³-hybridized carbons (Fsp3) is 0. The van der Waals surface area contributed by atoms with Gasteiger partial charge in [0.05, 0.1) is 0 Å². The van der Waals surface area contributed by atoms with E-state index in [0.717, 1.165) is 0 Å². The van der Waals surface area contributed by atoms with Crippen LogP contribution in [0.3, 0.4) is 0 Å². The van der Waals surface area contributed by atoms with E-state index in [9.17, 15) is 0 Å². The van der Waals surface area contributed by atoms with Crippen molar-refractivity contribution in [1.82, 2.24) is 0 Å². The van der Waals surface area contributed by atoms with Gasteiger partial charge in [-0.05, 0) is 0 Å². The maximum absolute atomic E-state index is 8.36. The Bertz CT molecular complexity index is 16.0. The van der Waals surface area contributed by atoms with Crippen molar-refractivity contribution in [1.29, 1.82) is 0 Å². The predicted octanol–water partition coefficient (Wildman–Crippen LogP) is -2.00. The summed E-state index contributed by atoms with van der Waals surface area (Å²) < 4.78 is 33.4. The van der Waals surface area contributed by atoms with Gasteiger partial charge in [0.15, 0.2) is 0 Å². The van der Waals surface area contributed by atoms with Crippen molar-refractivity contribution in [2.75, 3.05) is 0 Å². The number of hydrogen-bond donors (Lipinski definition) is 0. The fourth-order valence-electron chi connectivity index (χ4n) is 0. The Hall–Kier alpha value is 2.73. The van der Waals surface area contributed by atoms with Crippen LogP contribution >= 0.6 is 0 Å². The summed E-state index contributed by atoms with van der Waals surface area (Å²) in [5, 5.41) is 0. The third-order valence-electron chi connectivity index (χ3n) is 0. The Labute approximate surface area is 108 Å². The van der Waals surface area contributed by atoms with Crippen LogP contribution in [0.2, 0.25) is 0 Å². The van der Waals surface area contributed by atoms with Crippen LogP contribution in [-0.4, -0.2) is 98.9 Å². The second-order valence-corrected chi connectivity index (χ2v) is 0. The van der Waals surface area contributed by atoms with Gasteiger partial charge in [0, 0.05) is 0 Å². The second-order valence-electron chi connectivity index (χ2n) is 0. The van der Waals surface area contributed by atoms with E-state index in [4.69, 9.17) is 11.3 Å². The van der Waals surface area contributed by atoms with E-state index in [-0.39, 0.29) is 98.9 Å². The molecule has 0 unspecified atom stereocenters. The molecule has 0 saturated heterocycles. The molecule has 8 heavy (non-hydrogen) atoms. The standard InChI is InChI=1S/4Bi.4O. The third kappa shape index (κ3) is 69.9. The average molecular weight is 900 g/mol. The fourth-order valence-corrected chi connectivity index (χ4v) is 0. The van der Waals surface area contributed by atoms with Gasteiger partial charge >= 0.3 is 110 Å². The maximum atomic E-state index is 8.36. The summed E-state index contributed by atoms with van der Waals surface area (Å²) in [6.07, 6.45) is 0. The molecule has 0 amide bonds. The summed E-state index contributed by atoms with van der Waals surface area (Å²) in [6.45, 7) is 0. The third-order valence-corrected chi connectivity index (χ3v) is 0. The SMILES string of the molecule is [O]=[Bi].[O]=[Bi].[O]=[Bi].[O]=[Bi]. The van der Waals surface area contributed by atoms with Gasteiger partial charge in [0.25, 0.3) is 0 Å². The van der Waals surface area contributed by atoms with Crippen molar-refractivity contribution in [3.8, 4) is 0 Å². The molecule has 0 aliphatic carbocycles. The predicted molar refractivity (Wildman–Crippen MR) is 25.8 cm³/mol. The van der Waals surface area contributed by atoms with Gasteiger partial charge < -0.3 is 0 Å². The van der Waals surface area contributed by atoms with E-state index in [1.807, 2.05) is 0 Å². The molecule has 4 nitrogen and oxygen atoms in total. The first-order valence-corrected chi connectivity index (χ1v) is 6.41. The zero-order valence-corrected chi connectivity index (χ0v) is 17.3. The molecule has 0 aromatic rings. The molecule has 0 rings (SSSR count). The molecule has 0 heterocycles. The van der Waals surface area contributed by atoms with E-state index in [0.29, 0.717) is 0 Å². The van der Waals surface area contributed by atoms with Gasteiger partial charge in [0.1, 0.15) is 0 Å². The summed E-state index contributed by atoms with van der Waals surface area (Å²) in [5.74, 6) is 0. The Morgan fingerprint density at radius 3 is 0.375 bits per heavy atom. The summed E-state index contributed by atoms with van der Waals surface area (Å²) >= 11 is 0.778. The Morgan fingerprint density at radius 1 is 0.375 bits per heavy atom. The summed E-state index contributed by atoms with van der Waals surface area (Å²) in [4.78, 5) is 0. The van der Waals surface area contributed by atoms with Crippen LogP contribution in [0.4, 0.5) is 0 Å². The molecule has 0 aliphatic heterocycles. The molecule has 4 radical (unpaired) electrons. The van der Waals surface area contributed by atoms with Crippen molar-refractivity contribution in [3.05, 3.63) is 0 Å². The van der Waals surface area contributed by atoms with Crippen molar-refractivity contribution >= 4 is 98.9 Å². The van der Waals surface area contributed by atoms with Crippen LogP contribution < -0.4 is 0 Å². The van der Waals surface area contributed by atoms with Crippen LogP contribution in [-0.2, 0) is 11.3 Å². The van der Waals surface area contributed by atoms with Crippen LogP contribution in [0.25, 0.3) is 0 Å². The van der Waals surface area contributed by atoms with E-state index >= 15 is 0 Å². The van der Waals surface area contributed by atoms with Gasteiger partial charge in [-0.25, -0.2) is 0 Å². The quantitative estimate of drug-likeness (QED) is 0.265. The molecule has 44 valence electrons. The minimum atomic E-state index is 0.194. The van der Waals surface area contributed by atoms with E-state index in [1.54, 1.807) is 0 Å². The molecular formula is Bi4O4. The van der Waals surface area contributed by atoms with Gasteiger partial charge in [-0.1, -0.05) is 0 Å². The first-order chi connectivity index (χ1) is 4.00. The zero-order valence-electron chi connectivity index (χ0n) is 3.42. The molecule has 8 heteroatoms. The van der Waals surface area contributed by atoms with Crippen molar-refractivity contribution in [2.45, 2.75) is 0 Å². The van der Waals surface area contributed by atoms with Crippen molar-refractivity contribution in [3.63, 3.8) is 0 Å². The second kappa shape index (κ2) is 99.4. The first-order valence-electron chi connectivity index (χ1n) is 0.730. The van der Waals surface area contributed by atoms with Crippen LogP contribution in [0, 0.1) is 0 Å². The van der Waals surface area contributed by atoms with E-state index in [1.165, 1.54) is 0 Å². The number of hydrogen-bond acceptors (Lipinski definition) is 4. The van der Waals surface area contributed by atoms with Gasteiger partial charge in [-0.2, -0.15) is 0 Å². The molecule has 0 aromatic heterocycles. The Morgan fingerprint density at radius 2 is 0.375 bits per heavy atom. The first kappa shape index (κ1) is 22.4. The molecule has 0 atom stereocenters. The molecule has 0 bridgehead atoms. The van der Waals surface area contributed by atoms with E-state index in [2.05, 4.69) is 0 Å². The van der Waals surface area contributed by atoms with Gasteiger partial charge in [-0.15, -0.1) is 0 Å². The van der Waals surface area contributed by atoms with Gasteiger partial charge in [0.2, 0.25) is 0 Å². The van der Waals surface area contributed by atoms with Crippen molar-refractivity contribution < 1.29 is 11.3 Å². The molecule has 0 aliphatic rings. The average Bonchev–Trinajstić information content (AvgIpc) is 2.03. The Balaban J connectivity index is -0.0000000133. The van der Waals surface area contributed by atoms with Crippen LogP contribution in [0.1, 0.15) is 0 Å². The summed E-state index contributed by atoms with van der Waals surface area (Å²) in [5.41, 5.74) is 0. The monoisotopic (exact) mass is 900 g/mol. The van der Waals surface area contributed by atoms with Crippen LogP contribution in [0.5, 0.6) is 0 Å². The molecular weight excluding hydrogens is 900 g/mol. The topological polar surface area (TPSA) is 68.3 Å². The van der Waals surface area contributed by atoms with Crippen LogP contribution in [0.15, 0.2) is 0 Å². The van der Waals surface area contributed by atoms with E-state index < -0.39 is 0 Å².